The number of benzene rings is 1. The summed E-state index contributed by atoms with van der Waals surface area (Å²) >= 11 is 11.8. The predicted molar refractivity (Wildman–Crippen MR) is 81.9 cm³/mol. The largest absolute Gasteiger partial charge is 0.386 e. The Bertz CT molecular complexity index is 516. The molecule has 0 bridgehead atoms. The lowest BCUT2D eigenvalue weighted by Gasteiger charge is -2.46. The van der Waals surface area contributed by atoms with Gasteiger partial charge >= 0.3 is 0 Å². The molecule has 1 fully saturated rings. The molecule has 1 aliphatic rings. The molecule has 1 amide bonds. The lowest BCUT2D eigenvalue weighted by molar-refractivity contribution is -0.151. The van der Waals surface area contributed by atoms with Crippen molar-refractivity contribution in [1.82, 2.24) is 4.90 Å². The molecule has 1 aromatic carbocycles. The fourth-order valence-electron chi connectivity index (χ4n) is 2.39. The van der Waals surface area contributed by atoms with Crippen LogP contribution in [0.2, 0.25) is 10.0 Å². The minimum Gasteiger partial charge on any atom is -0.386 e. The van der Waals surface area contributed by atoms with Crippen molar-refractivity contribution < 1.29 is 9.90 Å². The molecule has 2 rings (SSSR count). The molecule has 3 nitrogen and oxygen atoms in total. The van der Waals surface area contributed by atoms with E-state index in [1.807, 2.05) is 6.92 Å². The summed E-state index contributed by atoms with van der Waals surface area (Å²) in [5, 5.41) is 11.1. The third-order valence-electron chi connectivity index (χ3n) is 3.30. The molecule has 0 unspecified atom stereocenters. The van der Waals surface area contributed by atoms with Crippen molar-refractivity contribution in [2.24, 2.45) is 0 Å². The van der Waals surface area contributed by atoms with E-state index in [1.54, 1.807) is 29.2 Å². The van der Waals surface area contributed by atoms with Crippen molar-refractivity contribution in [1.29, 1.82) is 0 Å². The maximum absolute atomic E-state index is 11.9. The van der Waals surface area contributed by atoms with Crippen LogP contribution in [0.4, 0.5) is 0 Å². The number of β-amino-alcohol motifs (C(OH)–C–C–N with tert-alkyl or cyclic N) is 1. The normalized spacial score (nSPS) is 17.3. The number of likely N-dealkylation sites (tertiary alicyclic amines) is 1. The average Bonchev–Trinajstić information content (AvgIpc) is 2.32. The zero-order chi connectivity index (χ0) is 14.8. The number of halogens is 2. The third-order valence-corrected chi connectivity index (χ3v) is 3.74. The van der Waals surface area contributed by atoms with Crippen molar-refractivity contribution in [3.63, 3.8) is 0 Å². The number of aliphatic hydroxyl groups is 1. The maximum atomic E-state index is 11.9. The second-order valence-corrected chi connectivity index (χ2v) is 6.08. The molecule has 0 aliphatic carbocycles. The molecular formula is C15H17Cl2NO2. The highest BCUT2D eigenvalue weighted by molar-refractivity contribution is 6.34. The first-order valence-corrected chi connectivity index (χ1v) is 7.33. The van der Waals surface area contributed by atoms with Crippen molar-refractivity contribution in [2.75, 3.05) is 13.1 Å². The SMILES string of the molecule is CCCC1(O)CN(C(=O)C=Cc2cc(Cl)cc(Cl)c2)C1. The molecule has 108 valence electrons. The molecule has 0 aromatic heterocycles. The van der Waals surface area contributed by atoms with Crippen LogP contribution in [0.15, 0.2) is 24.3 Å². The lowest BCUT2D eigenvalue weighted by Crippen LogP contribution is -2.63. The Morgan fingerprint density at radius 2 is 1.95 bits per heavy atom. The van der Waals surface area contributed by atoms with E-state index in [2.05, 4.69) is 0 Å². The Morgan fingerprint density at radius 1 is 1.35 bits per heavy atom. The van der Waals surface area contributed by atoms with Crippen molar-refractivity contribution in [3.05, 3.63) is 39.9 Å². The highest BCUT2D eigenvalue weighted by Gasteiger charge is 2.41. The van der Waals surface area contributed by atoms with Crippen molar-refractivity contribution >= 4 is 35.2 Å². The van der Waals surface area contributed by atoms with Crippen molar-refractivity contribution in [3.8, 4) is 0 Å². The number of nitrogens with zero attached hydrogens (tertiary/aromatic N) is 1. The minimum atomic E-state index is -0.697. The number of carbonyl (C=O) groups excluding carboxylic acids is 1. The van der Waals surface area contributed by atoms with Gasteiger partial charge in [0.25, 0.3) is 0 Å². The standard InChI is InChI=1S/C15H17Cl2NO2/c1-2-5-15(20)9-18(10-15)14(19)4-3-11-6-12(16)8-13(17)7-11/h3-4,6-8,20H,2,5,9-10H2,1H3. The van der Waals surface area contributed by atoms with Gasteiger partial charge in [0.1, 0.15) is 0 Å². The molecule has 1 aromatic rings. The molecule has 0 spiro atoms. The Morgan fingerprint density at radius 3 is 2.50 bits per heavy atom. The first-order chi connectivity index (χ1) is 9.42. The molecule has 1 N–H and O–H groups in total. The van der Waals surface area contributed by atoms with Crippen LogP contribution in [0.3, 0.4) is 0 Å². The van der Waals surface area contributed by atoms with Gasteiger partial charge in [-0.3, -0.25) is 4.79 Å². The molecular weight excluding hydrogens is 297 g/mol. The van der Waals surface area contributed by atoms with Crippen LogP contribution in [-0.4, -0.2) is 34.6 Å². The summed E-state index contributed by atoms with van der Waals surface area (Å²) < 4.78 is 0. The molecule has 1 heterocycles. The number of carbonyl (C=O) groups is 1. The smallest absolute Gasteiger partial charge is 0.246 e. The average molecular weight is 314 g/mol. The third kappa shape index (κ3) is 3.75. The highest BCUT2D eigenvalue weighted by Crippen LogP contribution is 2.26. The molecule has 0 saturated carbocycles. The number of hydrogen-bond donors (Lipinski definition) is 1. The van der Waals surface area contributed by atoms with Gasteiger partial charge in [0.2, 0.25) is 5.91 Å². The van der Waals surface area contributed by atoms with Crippen molar-refractivity contribution in [2.45, 2.75) is 25.4 Å². The summed E-state index contributed by atoms with van der Waals surface area (Å²) in [6.45, 7) is 2.83. The van der Waals surface area contributed by atoms with Gasteiger partial charge in [-0.15, -0.1) is 0 Å². The van der Waals surface area contributed by atoms with E-state index in [0.29, 0.717) is 23.1 Å². The van der Waals surface area contributed by atoms with Crippen LogP contribution in [0.5, 0.6) is 0 Å². The monoisotopic (exact) mass is 313 g/mol. The van der Waals surface area contributed by atoms with Crippen LogP contribution in [0.1, 0.15) is 25.3 Å². The van der Waals surface area contributed by atoms with Gasteiger partial charge in [0.15, 0.2) is 0 Å². The van der Waals surface area contributed by atoms with E-state index in [0.717, 1.165) is 18.4 Å². The van der Waals surface area contributed by atoms with E-state index >= 15 is 0 Å². The molecule has 20 heavy (non-hydrogen) atoms. The number of hydrogen-bond acceptors (Lipinski definition) is 2. The van der Waals surface area contributed by atoms with Gasteiger partial charge < -0.3 is 10.0 Å². The Balaban J connectivity index is 1.94. The van der Waals surface area contributed by atoms with E-state index in [4.69, 9.17) is 23.2 Å². The van der Waals surface area contributed by atoms with E-state index < -0.39 is 5.60 Å². The van der Waals surface area contributed by atoms with Crippen LogP contribution in [-0.2, 0) is 4.79 Å². The second kappa shape index (κ2) is 6.17. The van der Waals surface area contributed by atoms with Gasteiger partial charge in [-0.2, -0.15) is 0 Å². The zero-order valence-corrected chi connectivity index (χ0v) is 12.8. The molecule has 1 saturated heterocycles. The van der Waals surface area contributed by atoms with Gasteiger partial charge in [-0.25, -0.2) is 0 Å². The highest BCUT2D eigenvalue weighted by atomic mass is 35.5. The fraction of sp³-hybridized carbons (Fsp3) is 0.400. The Labute approximate surface area is 128 Å². The van der Waals surface area contributed by atoms with E-state index in [1.165, 1.54) is 6.08 Å². The van der Waals surface area contributed by atoms with Gasteiger partial charge in [0, 0.05) is 16.1 Å². The first-order valence-electron chi connectivity index (χ1n) is 6.57. The quantitative estimate of drug-likeness (QED) is 0.866. The molecule has 0 radical (unpaired) electrons. The fourth-order valence-corrected chi connectivity index (χ4v) is 2.93. The van der Waals surface area contributed by atoms with Gasteiger partial charge in [-0.05, 0) is 36.3 Å². The topological polar surface area (TPSA) is 40.5 Å². The molecule has 0 atom stereocenters. The van der Waals surface area contributed by atoms with Crippen LogP contribution >= 0.6 is 23.2 Å². The summed E-state index contributed by atoms with van der Waals surface area (Å²) in [5.41, 5.74) is 0.0811. The van der Waals surface area contributed by atoms with Crippen LogP contribution in [0, 0.1) is 0 Å². The molecule has 1 aliphatic heterocycles. The number of rotatable bonds is 4. The second-order valence-electron chi connectivity index (χ2n) is 5.20. The Hall–Kier alpha value is -1.03. The lowest BCUT2D eigenvalue weighted by atomic mass is 9.89. The zero-order valence-electron chi connectivity index (χ0n) is 11.3. The minimum absolute atomic E-state index is 0.109. The van der Waals surface area contributed by atoms with Gasteiger partial charge in [0.05, 0.1) is 18.7 Å². The first kappa shape index (κ1) is 15.4. The summed E-state index contributed by atoms with van der Waals surface area (Å²) in [7, 11) is 0. The summed E-state index contributed by atoms with van der Waals surface area (Å²) in [6, 6.07) is 5.12. The Kier molecular flexibility index (Phi) is 4.74. The number of amides is 1. The maximum Gasteiger partial charge on any atom is 0.246 e. The van der Waals surface area contributed by atoms with Gasteiger partial charge in [-0.1, -0.05) is 36.5 Å². The molecule has 5 heteroatoms. The summed E-state index contributed by atoms with van der Waals surface area (Å²) in [5.74, 6) is -0.109. The van der Waals surface area contributed by atoms with Crippen LogP contribution in [0.25, 0.3) is 6.08 Å². The summed E-state index contributed by atoms with van der Waals surface area (Å²) in [6.07, 6.45) is 4.80. The predicted octanol–water partition coefficient (Wildman–Crippen LogP) is 3.38. The van der Waals surface area contributed by atoms with Crippen LogP contribution < -0.4 is 0 Å². The van der Waals surface area contributed by atoms with E-state index in [9.17, 15) is 9.90 Å². The summed E-state index contributed by atoms with van der Waals surface area (Å²) in [4.78, 5) is 13.5. The van der Waals surface area contributed by atoms with E-state index in [-0.39, 0.29) is 5.91 Å².